The number of nitrogens with zero attached hydrogens (tertiary/aromatic N) is 2. The molecule has 3 atom stereocenters. The fraction of sp³-hybridized carbons (Fsp3) is 0.500. The normalized spacial score (nSPS) is 22.6. The first-order valence-electron chi connectivity index (χ1n) is 9.88. The average Bonchev–Trinajstić information content (AvgIpc) is 3.11. The largest absolute Gasteiger partial charge is 0.394 e. The Labute approximate surface area is 167 Å². The van der Waals surface area contributed by atoms with Crippen LogP contribution in [0.25, 0.3) is 6.08 Å². The number of aromatic nitrogens is 1. The number of benzene rings is 1. The van der Waals surface area contributed by atoms with Crippen molar-refractivity contribution in [2.24, 2.45) is 0 Å². The van der Waals surface area contributed by atoms with Gasteiger partial charge in [-0.15, -0.1) is 11.3 Å². The summed E-state index contributed by atoms with van der Waals surface area (Å²) in [5.41, 5.74) is 3.63. The van der Waals surface area contributed by atoms with E-state index in [-0.39, 0.29) is 12.6 Å². The smallest absolute Gasteiger partial charge is 0.186 e. The fourth-order valence-corrected chi connectivity index (χ4v) is 4.88. The van der Waals surface area contributed by atoms with Crippen molar-refractivity contribution in [2.75, 3.05) is 18.1 Å². The highest BCUT2D eigenvalue weighted by atomic mass is 32.1. The number of aliphatic hydroxyl groups is 1. The lowest BCUT2D eigenvalue weighted by atomic mass is 9.75. The molecule has 2 N–H and O–H groups in total. The zero-order valence-electron chi connectivity index (χ0n) is 16.7. The molecular formula is C22H31N3OS. The molecule has 2 aromatic rings. The number of aliphatic hydroxyl groups excluding tert-OH is 1. The van der Waals surface area contributed by atoms with Crippen molar-refractivity contribution in [1.82, 2.24) is 10.3 Å². The summed E-state index contributed by atoms with van der Waals surface area (Å²) in [4.78, 5) is 7.11. The average molecular weight is 386 g/mol. The van der Waals surface area contributed by atoms with Gasteiger partial charge in [0.2, 0.25) is 0 Å². The Morgan fingerprint density at radius 3 is 2.56 bits per heavy atom. The highest BCUT2D eigenvalue weighted by Crippen LogP contribution is 2.44. The third kappa shape index (κ3) is 4.26. The summed E-state index contributed by atoms with van der Waals surface area (Å²) in [6.07, 6.45) is 5.11. The van der Waals surface area contributed by atoms with Crippen molar-refractivity contribution in [3.63, 3.8) is 0 Å². The van der Waals surface area contributed by atoms with E-state index in [0.29, 0.717) is 18.0 Å². The van der Waals surface area contributed by atoms with Crippen molar-refractivity contribution in [2.45, 2.75) is 58.2 Å². The molecule has 2 heterocycles. The van der Waals surface area contributed by atoms with Gasteiger partial charge in [-0.05, 0) is 24.5 Å². The topological polar surface area (TPSA) is 48.4 Å². The van der Waals surface area contributed by atoms with Crippen LogP contribution >= 0.6 is 11.3 Å². The van der Waals surface area contributed by atoms with Gasteiger partial charge < -0.3 is 15.3 Å². The van der Waals surface area contributed by atoms with E-state index in [1.165, 1.54) is 11.1 Å². The van der Waals surface area contributed by atoms with Gasteiger partial charge >= 0.3 is 0 Å². The third-order valence-electron chi connectivity index (χ3n) is 5.27. The second kappa shape index (κ2) is 9.00. The van der Waals surface area contributed by atoms with Crippen molar-refractivity contribution in [3.8, 4) is 0 Å². The highest BCUT2D eigenvalue weighted by Gasteiger charge is 2.49. The molecule has 0 spiro atoms. The molecule has 4 nitrogen and oxygen atoms in total. The SMILES string of the molecule is CC=Cc1ccc([C@@H]2[C@@H](CO)N(c3nc(CC)cs3)[C@@H]2CNC(C)C)cc1. The Morgan fingerprint density at radius 2 is 2.00 bits per heavy atom. The maximum atomic E-state index is 10.2. The second-order valence-electron chi connectivity index (χ2n) is 7.45. The summed E-state index contributed by atoms with van der Waals surface area (Å²) in [7, 11) is 0. The van der Waals surface area contributed by atoms with E-state index in [2.05, 4.69) is 72.8 Å². The minimum absolute atomic E-state index is 0.0763. The van der Waals surface area contributed by atoms with E-state index in [4.69, 9.17) is 4.98 Å². The highest BCUT2D eigenvalue weighted by molar-refractivity contribution is 7.13. The molecule has 1 aliphatic heterocycles. The number of hydrogen-bond acceptors (Lipinski definition) is 5. The molecule has 0 bridgehead atoms. The Morgan fingerprint density at radius 1 is 1.26 bits per heavy atom. The van der Waals surface area contributed by atoms with Crippen LogP contribution in [0.2, 0.25) is 0 Å². The zero-order valence-corrected chi connectivity index (χ0v) is 17.5. The van der Waals surface area contributed by atoms with Gasteiger partial charge in [0.05, 0.1) is 24.4 Å². The molecular weight excluding hydrogens is 354 g/mol. The molecule has 1 saturated heterocycles. The van der Waals surface area contributed by atoms with Crippen molar-refractivity contribution in [1.29, 1.82) is 0 Å². The molecule has 0 saturated carbocycles. The number of thiazole rings is 1. The van der Waals surface area contributed by atoms with Crippen LogP contribution in [0.4, 0.5) is 5.13 Å². The predicted octanol–water partition coefficient (Wildman–Crippen LogP) is 4.07. The third-order valence-corrected chi connectivity index (χ3v) is 6.17. The summed E-state index contributed by atoms with van der Waals surface area (Å²) in [5, 5.41) is 16.9. The van der Waals surface area contributed by atoms with Crippen LogP contribution in [0.15, 0.2) is 35.7 Å². The molecule has 1 aromatic carbocycles. The van der Waals surface area contributed by atoms with Crippen LogP contribution < -0.4 is 10.2 Å². The zero-order chi connectivity index (χ0) is 19.4. The van der Waals surface area contributed by atoms with Crippen LogP contribution in [0.1, 0.15) is 50.4 Å². The number of aryl methyl sites for hydroxylation is 1. The van der Waals surface area contributed by atoms with E-state index < -0.39 is 0 Å². The van der Waals surface area contributed by atoms with E-state index >= 15 is 0 Å². The predicted molar refractivity (Wildman–Crippen MR) is 116 cm³/mol. The lowest BCUT2D eigenvalue weighted by molar-refractivity contribution is 0.166. The summed E-state index contributed by atoms with van der Waals surface area (Å²) >= 11 is 1.69. The van der Waals surface area contributed by atoms with Gasteiger partial charge in [-0.3, -0.25) is 0 Å². The van der Waals surface area contributed by atoms with Gasteiger partial charge in [0.15, 0.2) is 5.13 Å². The molecule has 3 rings (SSSR count). The molecule has 1 aliphatic rings. The lowest BCUT2D eigenvalue weighted by Crippen LogP contribution is -2.67. The van der Waals surface area contributed by atoms with E-state index in [1.54, 1.807) is 11.3 Å². The van der Waals surface area contributed by atoms with Gasteiger partial charge in [-0.1, -0.05) is 57.2 Å². The number of rotatable bonds is 8. The number of anilines is 1. The summed E-state index contributed by atoms with van der Waals surface area (Å²) < 4.78 is 0. The Kier molecular flexibility index (Phi) is 6.68. The molecule has 5 heteroatoms. The van der Waals surface area contributed by atoms with Gasteiger partial charge in [0, 0.05) is 23.9 Å². The molecule has 0 amide bonds. The van der Waals surface area contributed by atoms with Crippen molar-refractivity contribution >= 4 is 22.5 Å². The van der Waals surface area contributed by atoms with Crippen molar-refractivity contribution in [3.05, 3.63) is 52.5 Å². The van der Waals surface area contributed by atoms with Crippen LogP contribution in [-0.2, 0) is 6.42 Å². The minimum atomic E-state index is 0.0763. The number of nitrogens with one attached hydrogen (secondary N) is 1. The number of allylic oxidation sites excluding steroid dienone is 1. The van der Waals surface area contributed by atoms with Gasteiger partial charge in [-0.25, -0.2) is 4.98 Å². The Balaban J connectivity index is 1.88. The van der Waals surface area contributed by atoms with Crippen LogP contribution in [0.3, 0.4) is 0 Å². The molecule has 1 aromatic heterocycles. The van der Waals surface area contributed by atoms with E-state index in [1.807, 2.05) is 6.92 Å². The first-order valence-corrected chi connectivity index (χ1v) is 10.8. The quantitative estimate of drug-likeness (QED) is 0.719. The summed E-state index contributed by atoms with van der Waals surface area (Å²) in [6.45, 7) is 9.53. The Bertz CT molecular complexity index is 753. The van der Waals surface area contributed by atoms with Gasteiger partial charge in [0.1, 0.15) is 0 Å². The van der Waals surface area contributed by atoms with Crippen LogP contribution in [-0.4, -0.2) is 41.4 Å². The molecule has 0 aliphatic carbocycles. The van der Waals surface area contributed by atoms with Gasteiger partial charge in [0.25, 0.3) is 0 Å². The first kappa shape index (κ1) is 20.1. The maximum absolute atomic E-state index is 10.2. The fourth-order valence-electron chi connectivity index (χ4n) is 3.86. The van der Waals surface area contributed by atoms with Crippen LogP contribution in [0.5, 0.6) is 0 Å². The standard InChI is InChI=1S/C22H31N3OS/c1-5-7-16-8-10-17(11-9-16)21-19(12-23-15(3)4)25(20(21)13-26)22-24-18(6-2)14-27-22/h5,7-11,14-15,19-21,23,26H,6,12-13H2,1-4H3/t19-,20-,21+/m1/s1. The molecule has 146 valence electrons. The molecule has 27 heavy (non-hydrogen) atoms. The lowest BCUT2D eigenvalue weighted by Gasteiger charge is -2.55. The summed E-state index contributed by atoms with van der Waals surface area (Å²) in [5.74, 6) is 0.301. The van der Waals surface area contributed by atoms with E-state index in [9.17, 15) is 5.11 Å². The Hall–Kier alpha value is -1.69. The van der Waals surface area contributed by atoms with Crippen molar-refractivity contribution < 1.29 is 5.11 Å². The summed E-state index contributed by atoms with van der Waals surface area (Å²) in [6, 6.07) is 9.56. The van der Waals surface area contributed by atoms with Crippen LogP contribution in [0, 0.1) is 0 Å². The second-order valence-corrected chi connectivity index (χ2v) is 8.29. The minimum Gasteiger partial charge on any atom is -0.394 e. The molecule has 1 fully saturated rings. The van der Waals surface area contributed by atoms with Gasteiger partial charge in [-0.2, -0.15) is 0 Å². The molecule has 0 radical (unpaired) electrons. The number of hydrogen-bond donors (Lipinski definition) is 2. The molecule has 0 unspecified atom stereocenters. The first-order chi connectivity index (χ1) is 13.1. The maximum Gasteiger partial charge on any atom is 0.186 e. The monoisotopic (exact) mass is 385 g/mol. The van der Waals surface area contributed by atoms with E-state index in [0.717, 1.165) is 23.8 Å².